The first-order valence-electron chi connectivity index (χ1n) is 4.66. The Morgan fingerprint density at radius 2 is 2.00 bits per heavy atom. The number of rotatable bonds is 1. The van der Waals surface area contributed by atoms with Gasteiger partial charge in [-0.3, -0.25) is 0 Å². The molecule has 1 radical (unpaired) electrons. The monoisotopic (exact) mass is 139 g/mol. The predicted molar refractivity (Wildman–Crippen MR) is 45.7 cm³/mol. The molecule has 0 amide bonds. The molecule has 1 rings (SSSR count). The maximum absolute atomic E-state index is 4.16. The smallest absolute Gasteiger partial charge is 0.0412 e. The molecule has 2 unspecified atom stereocenters. The van der Waals surface area contributed by atoms with Crippen LogP contribution in [0.5, 0.6) is 0 Å². The summed E-state index contributed by atoms with van der Waals surface area (Å²) in [5, 5.41) is 0. The van der Waals surface area contributed by atoms with Crippen molar-refractivity contribution in [3.63, 3.8) is 0 Å². The molecule has 0 spiro atoms. The summed E-state index contributed by atoms with van der Waals surface area (Å²) in [6.07, 6.45) is 8.46. The van der Waals surface area contributed by atoms with Gasteiger partial charge in [-0.25, -0.2) is 0 Å². The SMILES string of the molecule is [CH2]C1CCCCC(CC)C1. The highest BCUT2D eigenvalue weighted by Gasteiger charge is 2.14. The molecule has 1 aliphatic rings. The Balaban J connectivity index is 2.30. The molecule has 0 N–H and O–H groups in total. The quantitative estimate of drug-likeness (QED) is 0.488. The van der Waals surface area contributed by atoms with Crippen molar-refractivity contribution in [3.05, 3.63) is 6.92 Å². The van der Waals surface area contributed by atoms with E-state index in [4.69, 9.17) is 0 Å². The zero-order valence-electron chi connectivity index (χ0n) is 7.10. The van der Waals surface area contributed by atoms with Gasteiger partial charge >= 0.3 is 0 Å². The third-order valence-electron chi connectivity index (χ3n) is 2.72. The van der Waals surface area contributed by atoms with Gasteiger partial charge in [0.25, 0.3) is 0 Å². The van der Waals surface area contributed by atoms with E-state index in [0.717, 1.165) is 11.8 Å². The molecule has 0 heteroatoms. The highest BCUT2D eigenvalue weighted by Crippen LogP contribution is 2.28. The lowest BCUT2D eigenvalue weighted by molar-refractivity contribution is 0.407. The minimum atomic E-state index is 0.757. The summed E-state index contributed by atoms with van der Waals surface area (Å²) in [7, 11) is 0. The van der Waals surface area contributed by atoms with Crippen LogP contribution in [0.1, 0.15) is 45.4 Å². The van der Waals surface area contributed by atoms with E-state index in [1.54, 1.807) is 0 Å². The van der Waals surface area contributed by atoms with Crippen LogP contribution in [-0.2, 0) is 0 Å². The van der Waals surface area contributed by atoms with Crippen LogP contribution >= 0.6 is 0 Å². The summed E-state index contributed by atoms with van der Waals surface area (Å²) in [6.45, 7) is 6.46. The molecule has 0 heterocycles. The minimum absolute atomic E-state index is 0.757. The van der Waals surface area contributed by atoms with Crippen molar-refractivity contribution in [2.45, 2.75) is 45.4 Å². The van der Waals surface area contributed by atoms with Crippen LogP contribution in [-0.4, -0.2) is 0 Å². The van der Waals surface area contributed by atoms with Crippen molar-refractivity contribution in [3.8, 4) is 0 Å². The predicted octanol–water partition coefficient (Wildman–Crippen LogP) is 3.43. The average molecular weight is 139 g/mol. The van der Waals surface area contributed by atoms with Crippen molar-refractivity contribution in [2.24, 2.45) is 11.8 Å². The molecule has 1 saturated carbocycles. The molecule has 0 saturated heterocycles. The van der Waals surface area contributed by atoms with Gasteiger partial charge in [0.2, 0.25) is 0 Å². The van der Waals surface area contributed by atoms with E-state index in [0.29, 0.717) is 0 Å². The summed E-state index contributed by atoms with van der Waals surface area (Å²) in [6, 6.07) is 0. The van der Waals surface area contributed by atoms with E-state index in [1.807, 2.05) is 0 Å². The fourth-order valence-corrected chi connectivity index (χ4v) is 1.94. The van der Waals surface area contributed by atoms with Gasteiger partial charge in [0.05, 0.1) is 0 Å². The van der Waals surface area contributed by atoms with Crippen LogP contribution in [0.4, 0.5) is 0 Å². The molecule has 1 fully saturated rings. The average Bonchev–Trinajstić information content (AvgIpc) is 2.13. The van der Waals surface area contributed by atoms with Crippen LogP contribution in [0, 0.1) is 18.8 Å². The van der Waals surface area contributed by atoms with E-state index < -0.39 is 0 Å². The molecular weight excluding hydrogens is 120 g/mol. The second-order valence-electron chi connectivity index (χ2n) is 3.66. The second-order valence-corrected chi connectivity index (χ2v) is 3.66. The Hall–Kier alpha value is 0. The van der Waals surface area contributed by atoms with E-state index in [2.05, 4.69) is 13.8 Å². The molecule has 1 aliphatic carbocycles. The molecule has 0 nitrogen and oxygen atoms in total. The molecular formula is C10H19. The summed E-state index contributed by atoms with van der Waals surface area (Å²) in [4.78, 5) is 0. The van der Waals surface area contributed by atoms with E-state index in [1.165, 1.54) is 38.5 Å². The summed E-state index contributed by atoms with van der Waals surface area (Å²) < 4.78 is 0. The van der Waals surface area contributed by atoms with Gasteiger partial charge in [-0.05, 0) is 18.3 Å². The van der Waals surface area contributed by atoms with Gasteiger partial charge in [0.1, 0.15) is 0 Å². The van der Waals surface area contributed by atoms with E-state index in [-0.39, 0.29) is 0 Å². The zero-order chi connectivity index (χ0) is 7.40. The first-order valence-corrected chi connectivity index (χ1v) is 4.66. The van der Waals surface area contributed by atoms with Crippen molar-refractivity contribution in [2.75, 3.05) is 0 Å². The second kappa shape index (κ2) is 4.00. The van der Waals surface area contributed by atoms with Gasteiger partial charge in [-0.1, -0.05) is 46.0 Å². The summed E-state index contributed by atoms with van der Waals surface area (Å²) in [5.74, 6) is 1.75. The molecule has 0 aromatic rings. The van der Waals surface area contributed by atoms with Crippen LogP contribution in [0.25, 0.3) is 0 Å². The van der Waals surface area contributed by atoms with Gasteiger partial charge in [-0.15, -0.1) is 0 Å². The topological polar surface area (TPSA) is 0 Å². The maximum Gasteiger partial charge on any atom is -0.0412 e. The molecule has 0 aliphatic heterocycles. The van der Waals surface area contributed by atoms with Gasteiger partial charge in [0.15, 0.2) is 0 Å². The Morgan fingerprint density at radius 3 is 2.70 bits per heavy atom. The van der Waals surface area contributed by atoms with Gasteiger partial charge in [-0.2, -0.15) is 0 Å². The fourth-order valence-electron chi connectivity index (χ4n) is 1.94. The molecule has 0 aromatic carbocycles. The maximum atomic E-state index is 4.16. The Labute approximate surface area is 65.0 Å². The lowest BCUT2D eigenvalue weighted by Gasteiger charge is -2.13. The van der Waals surface area contributed by atoms with E-state index in [9.17, 15) is 0 Å². The highest BCUT2D eigenvalue weighted by atomic mass is 14.2. The molecule has 0 bridgehead atoms. The van der Waals surface area contributed by atoms with Crippen molar-refractivity contribution >= 4 is 0 Å². The van der Waals surface area contributed by atoms with Crippen LogP contribution in [0.15, 0.2) is 0 Å². The third kappa shape index (κ3) is 2.32. The largest absolute Gasteiger partial charge is 0.0651 e. The first kappa shape index (κ1) is 8.10. The normalized spacial score (nSPS) is 35.4. The first-order chi connectivity index (χ1) is 4.83. The Kier molecular flexibility index (Phi) is 3.24. The standard InChI is InChI=1S/C10H19/c1-3-10-7-5-4-6-9(2)8-10/h9-10H,2-8H2,1H3. The molecule has 10 heavy (non-hydrogen) atoms. The summed E-state index contributed by atoms with van der Waals surface area (Å²) >= 11 is 0. The Morgan fingerprint density at radius 1 is 1.30 bits per heavy atom. The third-order valence-corrected chi connectivity index (χ3v) is 2.72. The highest BCUT2D eigenvalue weighted by molar-refractivity contribution is 4.71. The molecule has 0 aromatic heterocycles. The van der Waals surface area contributed by atoms with Crippen LogP contribution in [0.2, 0.25) is 0 Å². The van der Waals surface area contributed by atoms with Crippen LogP contribution in [0.3, 0.4) is 0 Å². The number of hydrogen-bond donors (Lipinski definition) is 0. The van der Waals surface area contributed by atoms with Crippen LogP contribution < -0.4 is 0 Å². The molecule has 2 atom stereocenters. The lowest BCUT2D eigenvalue weighted by Crippen LogP contribution is -2.01. The summed E-state index contributed by atoms with van der Waals surface area (Å²) in [5.41, 5.74) is 0. The van der Waals surface area contributed by atoms with Crippen molar-refractivity contribution in [1.29, 1.82) is 0 Å². The lowest BCUT2D eigenvalue weighted by atomic mass is 9.93. The fraction of sp³-hybridized carbons (Fsp3) is 0.900. The Bertz CT molecular complexity index is 86.0. The van der Waals surface area contributed by atoms with E-state index >= 15 is 0 Å². The zero-order valence-corrected chi connectivity index (χ0v) is 7.10. The van der Waals surface area contributed by atoms with Gasteiger partial charge in [0, 0.05) is 0 Å². The minimum Gasteiger partial charge on any atom is -0.0651 e. The van der Waals surface area contributed by atoms with Crippen molar-refractivity contribution in [1.82, 2.24) is 0 Å². The number of hydrogen-bond acceptors (Lipinski definition) is 0. The van der Waals surface area contributed by atoms with Crippen molar-refractivity contribution < 1.29 is 0 Å². The molecule has 59 valence electrons. The van der Waals surface area contributed by atoms with Gasteiger partial charge < -0.3 is 0 Å².